The first-order valence-corrected chi connectivity index (χ1v) is 13.6. The molecule has 1 N–H and O–H groups in total. The van der Waals surface area contributed by atoms with E-state index in [9.17, 15) is 13.2 Å². The molecule has 8 heteroatoms. The number of hydrogen-bond acceptors (Lipinski definition) is 5. The van der Waals surface area contributed by atoms with Crippen LogP contribution < -0.4 is 9.62 Å². The van der Waals surface area contributed by atoms with Gasteiger partial charge in [0, 0.05) is 38.0 Å². The zero-order valence-electron chi connectivity index (χ0n) is 18.7. The van der Waals surface area contributed by atoms with Crippen molar-refractivity contribution in [3.05, 3.63) is 53.6 Å². The number of sulfonamides is 1. The van der Waals surface area contributed by atoms with Crippen LogP contribution in [-0.4, -0.2) is 51.2 Å². The molecule has 2 aromatic rings. The molecule has 1 unspecified atom stereocenters. The Kier molecular flexibility index (Phi) is 7.24. The number of nitrogens with one attached hydrogen (secondary N) is 1. The van der Waals surface area contributed by atoms with E-state index < -0.39 is 10.0 Å². The average Bonchev–Trinajstić information content (AvgIpc) is 3.09. The lowest BCUT2D eigenvalue weighted by atomic mass is 10.1. The molecular formula is C24H31N3O3S2. The predicted molar refractivity (Wildman–Crippen MR) is 130 cm³/mol. The van der Waals surface area contributed by atoms with Gasteiger partial charge in [0.15, 0.2) is 0 Å². The smallest absolute Gasteiger partial charge is 0.240 e. The van der Waals surface area contributed by atoms with Gasteiger partial charge in [-0.2, -0.15) is 0 Å². The van der Waals surface area contributed by atoms with Crippen molar-refractivity contribution >= 4 is 33.4 Å². The average molecular weight is 474 g/mol. The number of hydrogen-bond donors (Lipinski definition) is 1. The third-order valence-corrected chi connectivity index (χ3v) is 8.72. The summed E-state index contributed by atoms with van der Waals surface area (Å²) in [4.78, 5) is 17.4. The molecule has 2 aliphatic heterocycles. The van der Waals surface area contributed by atoms with Gasteiger partial charge >= 0.3 is 0 Å². The lowest BCUT2D eigenvalue weighted by molar-refractivity contribution is -0.116. The summed E-state index contributed by atoms with van der Waals surface area (Å²) < 4.78 is 28.8. The summed E-state index contributed by atoms with van der Waals surface area (Å²) >= 11 is 1.67. The number of likely N-dealkylation sites (tertiary alicyclic amines) is 1. The zero-order valence-corrected chi connectivity index (χ0v) is 20.3. The second-order valence-corrected chi connectivity index (χ2v) is 11.6. The van der Waals surface area contributed by atoms with Crippen molar-refractivity contribution in [2.45, 2.75) is 43.0 Å². The maximum Gasteiger partial charge on any atom is 0.240 e. The summed E-state index contributed by atoms with van der Waals surface area (Å²) in [6.45, 7) is 7.41. The van der Waals surface area contributed by atoms with Crippen LogP contribution in [0.3, 0.4) is 0 Å². The largest absolute Gasteiger partial charge is 0.311 e. The molecule has 6 nitrogen and oxygen atoms in total. The van der Waals surface area contributed by atoms with Gasteiger partial charge in [-0.25, -0.2) is 13.1 Å². The number of fused-ring (bicyclic) bond motifs is 1. The van der Waals surface area contributed by atoms with Crippen molar-refractivity contribution in [3.63, 3.8) is 0 Å². The van der Waals surface area contributed by atoms with E-state index in [0.29, 0.717) is 24.7 Å². The molecule has 1 amide bonds. The molecular weight excluding hydrogens is 442 g/mol. The summed E-state index contributed by atoms with van der Waals surface area (Å²) in [7, 11) is -3.64. The SMILES string of the molecule is CC(=O)N1CCCSc2ccc(S(=O)(=O)NCC3CCN(Cc4ccc(C)cc4)C3)cc21. The van der Waals surface area contributed by atoms with Crippen molar-refractivity contribution < 1.29 is 13.2 Å². The Morgan fingerprint density at radius 1 is 1.16 bits per heavy atom. The van der Waals surface area contributed by atoms with Crippen molar-refractivity contribution in [1.29, 1.82) is 0 Å². The van der Waals surface area contributed by atoms with Crippen LogP contribution in [0.25, 0.3) is 0 Å². The Morgan fingerprint density at radius 3 is 2.69 bits per heavy atom. The van der Waals surface area contributed by atoms with Gasteiger partial charge in [0.1, 0.15) is 0 Å². The minimum atomic E-state index is -3.64. The van der Waals surface area contributed by atoms with E-state index in [2.05, 4.69) is 40.8 Å². The number of anilines is 1. The fourth-order valence-electron chi connectivity index (χ4n) is 4.34. The number of benzene rings is 2. The fourth-order valence-corrected chi connectivity index (χ4v) is 6.45. The number of thioether (sulfide) groups is 1. The molecule has 0 saturated carbocycles. The van der Waals surface area contributed by atoms with Gasteiger partial charge in [0.25, 0.3) is 0 Å². The highest BCUT2D eigenvalue weighted by Crippen LogP contribution is 2.35. The predicted octanol–water partition coefficient (Wildman–Crippen LogP) is 3.64. The van der Waals surface area contributed by atoms with Gasteiger partial charge in [0.05, 0.1) is 10.6 Å². The summed E-state index contributed by atoms with van der Waals surface area (Å²) in [5.41, 5.74) is 3.24. The van der Waals surface area contributed by atoms with E-state index in [4.69, 9.17) is 0 Å². The first-order valence-electron chi connectivity index (χ1n) is 11.1. The first-order chi connectivity index (χ1) is 15.3. The number of nitrogens with zero attached hydrogens (tertiary/aromatic N) is 2. The molecule has 2 heterocycles. The van der Waals surface area contributed by atoms with Crippen molar-refractivity contribution in [3.8, 4) is 0 Å². The van der Waals surface area contributed by atoms with Crippen LogP contribution in [0, 0.1) is 12.8 Å². The molecule has 1 atom stereocenters. The molecule has 0 aliphatic carbocycles. The fraction of sp³-hybridized carbons (Fsp3) is 0.458. The van der Waals surface area contributed by atoms with Gasteiger partial charge in [-0.3, -0.25) is 9.69 Å². The molecule has 0 aromatic heterocycles. The van der Waals surface area contributed by atoms with Crippen LogP contribution in [-0.2, 0) is 21.4 Å². The van der Waals surface area contributed by atoms with Gasteiger partial charge in [0.2, 0.25) is 15.9 Å². The van der Waals surface area contributed by atoms with Crippen LogP contribution in [0.5, 0.6) is 0 Å². The summed E-state index contributed by atoms with van der Waals surface area (Å²) in [5, 5.41) is 0. The Balaban J connectivity index is 1.38. The quantitative estimate of drug-likeness (QED) is 0.694. The Morgan fingerprint density at radius 2 is 1.94 bits per heavy atom. The Bertz CT molecular complexity index is 1070. The molecule has 0 bridgehead atoms. The summed E-state index contributed by atoms with van der Waals surface area (Å²) in [5.74, 6) is 1.15. The Hall–Kier alpha value is -1.87. The second-order valence-electron chi connectivity index (χ2n) is 8.73. The summed E-state index contributed by atoms with van der Waals surface area (Å²) in [6, 6.07) is 13.7. The van der Waals surface area contributed by atoms with Crippen LogP contribution in [0.2, 0.25) is 0 Å². The number of carbonyl (C=O) groups excluding carboxylic acids is 1. The van der Waals surface area contributed by atoms with Gasteiger partial charge in [-0.15, -0.1) is 11.8 Å². The normalized spacial score (nSPS) is 19.6. The van der Waals surface area contributed by atoms with E-state index >= 15 is 0 Å². The van der Waals surface area contributed by atoms with E-state index in [1.54, 1.807) is 28.8 Å². The maximum absolute atomic E-state index is 13.0. The van der Waals surface area contributed by atoms with Crippen LogP contribution in [0.1, 0.15) is 30.9 Å². The number of rotatable bonds is 6. The molecule has 4 rings (SSSR count). The minimum Gasteiger partial charge on any atom is -0.311 e. The first kappa shape index (κ1) is 23.3. The van der Waals surface area contributed by atoms with Crippen molar-refractivity contribution in [2.24, 2.45) is 5.92 Å². The number of aryl methyl sites for hydroxylation is 1. The third kappa shape index (κ3) is 5.54. The minimum absolute atomic E-state index is 0.0594. The molecule has 0 spiro atoms. The van der Waals surface area contributed by atoms with Crippen LogP contribution >= 0.6 is 11.8 Å². The highest BCUT2D eigenvalue weighted by molar-refractivity contribution is 7.99. The van der Waals surface area contributed by atoms with E-state index in [1.165, 1.54) is 18.1 Å². The zero-order chi connectivity index (χ0) is 22.7. The van der Waals surface area contributed by atoms with E-state index in [0.717, 1.165) is 43.1 Å². The number of carbonyl (C=O) groups is 1. The summed E-state index contributed by atoms with van der Waals surface area (Å²) in [6.07, 6.45) is 1.87. The highest BCUT2D eigenvalue weighted by atomic mass is 32.2. The van der Waals surface area contributed by atoms with Crippen molar-refractivity contribution in [2.75, 3.05) is 36.8 Å². The second kappa shape index (κ2) is 9.95. The maximum atomic E-state index is 13.0. The lowest BCUT2D eigenvalue weighted by Gasteiger charge is -2.21. The highest BCUT2D eigenvalue weighted by Gasteiger charge is 2.26. The standard InChI is InChI=1S/C24H31N3O3S2/c1-18-4-6-20(7-5-18)16-26-12-10-21(17-26)15-25-32(29,30)22-8-9-24-23(14-22)27(19(2)28)11-3-13-31-24/h4-9,14,21,25H,3,10-13,15-17H2,1-2H3. The lowest BCUT2D eigenvalue weighted by Crippen LogP contribution is -2.32. The molecule has 32 heavy (non-hydrogen) atoms. The molecule has 2 aromatic carbocycles. The van der Waals surface area contributed by atoms with Crippen LogP contribution in [0.15, 0.2) is 52.3 Å². The molecule has 1 fully saturated rings. The molecule has 0 radical (unpaired) electrons. The third-order valence-electron chi connectivity index (χ3n) is 6.15. The van der Waals surface area contributed by atoms with Gasteiger partial charge in [-0.1, -0.05) is 29.8 Å². The molecule has 2 aliphatic rings. The van der Waals surface area contributed by atoms with Crippen LogP contribution in [0.4, 0.5) is 5.69 Å². The number of amides is 1. The van der Waals surface area contributed by atoms with E-state index in [-0.39, 0.29) is 10.8 Å². The monoisotopic (exact) mass is 473 g/mol. The van der Waals surface area contributed by atoms with E-state index in [1.807, 2.05) is 6.07 Å². The van der Waals surface area contributed by atoms with Gasteiger partial charge in [-0.05, 0) is 61.7 Å². The molecule has 1 saturated heterocycles. The van der Waals surface area contributed by atoms with Crippen molar-refractivity contribution in [1.82, 2.24) is 9.62 Å². The topological polar surface area (TPSA) is 69.7 Å². The Labute approximate surface area is 195 Å². The molecule has 172 valence electrons. The van der Waals surface area contributed by atoms with Gasteiger partial charge < -0.3 is 4.90 Å².